The van der Waals surface area contributed by atoms with Gasteiger partial charge < -0.3 is 14.2 Å². The minimum absolute atomic E-state index is 0. The second-order valence-corrected chi connectivity index (χ2v) is 5.63. The fraction of sp³-hybridized carbons (Fsp3) is 0.588. The number of carbonyl (C=O) groups excluding carboxylic acids is 1. The van der Waals surface area contributed by atoms with Crippen LogP contribution in [0, 0.1) is 0 Å². The van der Waals surface area contributed by atoms with Crippen LogP contribution in [0.1, 0.15) is 24.2 Å². The second-order valence-electron chi connectivity index (χ2n) is 5.63. The van der Waals surface area contributed by atoms with Gasteiger partial charge in [-0.05, 0) is 26.0 Å². The molecule has 130 valence electrons. The molecule has 1 fully saturated rings. The van der Waals surface area contributed by atoms with Crippen LogP contribution in [-0.4, -0.2) is 62.8 Å². The highest BCUT2D eigenvalue weighted by atomic mass is 35.5. The number of benzene rings is 1. The second kappa shape index (κ2) is 10.6. The number of nitrogens with zero attached hydrogens (tertiary/aromatic N) is 1. The summed E-state index contributed by atoms with van der Waals surface area (Å²) in [6.45, 7) is 8.65. The van der Waals surface area contributed by atoms with Crippen LogP contribution in [-0.2, 0) is 9.47 Å². The van der Waals surface area contributed by atoms with Crippen LogP contribution in [0.3, 0.4) is 0 Å². The summed E-state index contributed by atoms with van der Waals surface area (Å²) in [5.41, 5.74) is 0.568. The summed E-state index contributed by atoms with van der Waals surface area (Å²) in [5, 5.41) is 0. The highest BCUT2D eigenvalue weighted by Crippen LogP contribution is 2.15. The Labute approximate surface area is 144 Å². The Balaban J connectivity index is 0.00000264. The van der Waals surface area contributed by atoms with Gasteiger partial charge in [-0.2, -0.15) is 0 Å². The van der Waals surface area contributed by atoms with E-state index in [9.17, 15) is 4.79 Å². The Morgan fingerprint density at radius 2 is 1.87 bits per heavy atom. The summed E-state index contributed by atoms with van der Waals surface area (Å²) in [7, 11) is 0. The number of rotatable bonds is 8. The monoisotopic (exact) mass is 343 g/mol. The first-order valence-electron chi connectivity index (χ1n) is 7.81. The molecule has 0 saturated carbocycles. The third-order valence-corrected chi connectivity index (χ3v) is 3.58. The molecule has 0 aliphatic carbocycles. The van der Waals surface area contributed by atoms with Gasteiger partial charge in [0.15, 0.2) is 6.29 Å². The Hall–Kier alpha value is -1.14. The largest absolute Gasteiger partial charge is 0.490 e. The number of aldehydes is 1. The zero-order valence-corrected chi connectivity index (χ0v) is 14.6. The molecule has 0 N–H and O–H groups in total. The molecule has 1 aromatic rings. The lowest BCUT2D eigenvalue weighted by Gasteiger charge is -2.35. The number of para-hydroxylation sites is 1. The lowest BCUT2D eigenvalue weighted by Crippen LogP contribution is -2.46. The number of ether oxygens (including phenoxy) is 3. The molecule has 23 heavy (non-hydrogen) atoms. The van der Waals surface area contributed by atoms with Crippen molar-refractivity contribution in [3.63, 3.8) is 0 Å². The third-order valence-electron chi connectivity index (χ3n) is 3.58. The van der Waals surface area contributed by atoms with Crippen LogP contribution in [0.2, 0.25) is 0 Å². The fourth-order valence-electron chi connectivity index (χ4n) is 2.68. The zero-order valence-electron chi connectivity index (χ0n) is 13.8. The van der Waals surface area contributed by atoms with Crippen molar-refractivity contribution in [1.82, 2.24) is 4.90 Å². The van der Waals surface area contributed by atoms with Crippen molar-refractivity contribution in [2.24, 2.45) is 0 Å². The SMILES string of the molecule is CC1CN(CCOCCOc2ccccc2C=O)CC(C)O1.Cl. The maximum absolute atomic E-state index is 10.9. The van der Waals surface area contributed by atoms with Crippen LogP contribution < -0.4 is 4.74 Å². The number of carbonyl (C=O) groups is 1. The predicted octanol–water partition coefficient (Wildman–Crippen LogP) is 2.43. The summed E-state index contributed by atoms with van der Waals surface area (Å²) in [5.74, 6) is 0.608. The predicted molar refractivity (Wildman–Crippen MR) is 91.8 cm³/mol. The van der Waals surface area contributed by atoms with Crippen LogP contribution in [0.15, 0.2) is 24.3 Å². The molecule has 1 aliphatic rings. The Bertz CT molecular complexity index is 462. The van der Waals surface area contributed by atoms with E-state index in [1.165, 1.54) is 0 Å². The normalized spacial score (nSPS) is 21.5. The van der Waals surface area contributed by atoms with Crippen molar-refractivity contribution >= 4 is 18.7 Å². The molecule has 2 unspecified atom stereocenters. The van der Waals surface area contributed by atoms with E-state index in [1.54, 1.807) is 12.1 Å². The molecule has 5 nitrogen and oxygen atoms in total. The van der Waals surface area contributed by atoms with Crippen LogP contribution in [0.4, 0.5) is 0 Å². The summed E-state index contributed by atoms with van der Waals surface area (Å²) in [6, 6.07) is 7.20. The number of morpholine rings is 1. The van der Waals surface area contributed by atoms with E-state index in [1.807, 2.05) is 12.1 Å². The van der Waals surface area contributed by atoms with Crippen LogP contribution >= 0.6 is 12.4 Å². The first-order chi connectivity index (χ1) is 10.7. The molecule has 1 aromatic carbocycles. The third kappa shape index (κ3) is 6.87. The molecule has 0 bridgehead atoms. The maximum atomic E-state index is 10.9. The lowest BCUT2D eigenvalue weighted by atomic mass is 10.2. The van der Waals surface area contributed by atoms with Gasteiger partial charge in [0.05, 0.1) is 31.0 Å². The minimum Gasteiger partial charge on any atom is -0.490 e. The molecule has 6 heteroatoms. The van der Waals surface area contributed by atoms with Crippen molar-refractivity contribution in [2.75, 3.05) is 39.5 Å². The smallest absolute Gasteiger partial charge is 0.153 e. The van der Waals surface area contributed by atoms with Gasteiger partial charge in [-0.1, -0.05) is 12.1 Å². The molecule has 1 heterocycles. The van der Waals surface area contributed by atoms with E-state index in [0.717, 1.165) is 25.9 Å². The van der Waals surface area contributed by atoms with Gasteiger partial charge >= 0.3 is 0 Å². The van der Waals surface area contributed by atoms with Crippen LogP contribution in [0.25, 0.3) is 0 Å². The molecule has 0 spiro atoms. The molecule has 2 rings (SSSR count). The van der Waals surface area contributed by atoms with Crippen molar-refractivity contribution in [2.45, 2.75) is 26.1 Å². The number of hydrogen-bond acceptors (Lipinski definition) is 5. The van der Waals surface area contributed by atoms with Gasteiger partial charge in [0.2, 0.25) is 0 Å². The number of halogens is 1. The lowest BCUT2D eigenvalue weighted by molar-refractivity contribution is -0.0734. The van der Waals surface area contributed by atoms with Gasteiger partial charge in [0.1, 0.15) is 12.4 Å². The molecule has 0 radical (unpaired) electrons. The van der Waals surface area contributed by atoms with Gasteiger partial charge in [-0.25, -0.2) is 0 Å². The van der Waals surface area contributed by atoms with E-state index < -0.39 is 0 Å². The topological polar surface area (TPSA) is 48.0 Å². The highest BCUT2D eigenvalue weighted by molar-refractivity contribution is 5.85. The van der Waals surface area contributed by atoms with Gasteiger partial charge in [0, 0.05) is 19.6 Å². The van der Waals surface area contributed by atoms with E-state index in [2.05, 4.69) is 18.7 Å². The van der Waals surface area contributed by atoms with Crippen molar-refractivity contribution in [1.29, 1.82) is 0 Å². The Kier molecular flexibility index (Phi) is 9.17. The molecule has 1 aliphatic heterocycles. The average molecular weight is 344 g/mol. The van der Waals surface area contributed by atoms with Crippen molar-refractivity contribution < 1.29 is 19.0 Å². The Morgan fingerprint density at radius 1 is 1.17 bits per heavy atom. The molecule has 2 atom stereocenters. The van der Waals surface area contributed by atoms with E-state index in [4.69, 9.17) is 14.2 Å². The van der Waals surface area contributed by atoms with E-state index in [-0.39, 0.29) is 24.6 Å². The molecular weight excluding hydrogens is 318 g/mol. The standard InChI is InChI=1S/C17H25NO4.ClH/c1-14-11-18(12-15(2)22-14)7-8-20-9-10-21-17-6-4-3-5-16(17)13-19;/h3-6,13-15H,7-12H2,1-2H3;1H. The zero-order chi connectivity index (χ0) is 15.8. The molecule has 0 aromatic heterocycles. The molecule has 0 amide bonds. The molecule has 1 saturated heterocycles. The average Bonchev–Trinajstić information content (AvgIpc) is 2.50. The summed E-state index contributed by atoms with van der Waals surface area (Å²) < 4.78 is 16.9. The Morgan fingerprint density at radius 3 is 2.57 bits per heavy atom. The summed E-state index contributed by atoms with van der Waals surface area (Å²) >= 11 is 0. The molecular formula is C17H26ClNO4. The number of hydrogen-bond donors (Lipinski definition) is 0. The fourth-order valence-corrected chi connectivity index (χ4v) is 2.68. The van der Waals surface area contributed by atoms with Crippen LogP contribution in [0.5, 0.6) is 5.75 Å². The van der Waals surface area contributed by atoms with Gasteiger partial charge in [-0.3, -0.25) is 9.69 Å². The van der Waals surface area contributed by atoms with Crippen molar-refractivity contribution in [3.8, 4) is 5.75 Å². The van der Waals surface area contributed by atoms with Crippen molar-refractivity contribution in [3.05, 3.63) is 29.8 Å². The van der Waals surface area contributed by atoms with E-state index >= 15 is 0 Å². The first-order valence-corrected chi connectivity index (χ1v) is 7.81. The highest BCUT2D eigenvalue weighted by Gasteiger charge is 2.21. The first kappa shape index (κ1) is 19.9. The van der Waals surface area contributed by atoms with E-state index in [0.29, 0.717) is 31.1 Å². The summed E-state index contributed by atoms with van der Waals surface area (Å²) in [6.07, 6.45) is 1.37. The van der Waals surface area contributed by atoms with Gasteiger partial charge in [0.25, 0.3) is 0 Å². The minimum atomic E-state index is 0. The van der Waals surface area contributed by atoms with Gasteiger partial charge in [-0.15, -0.1) is 12.4 Å². The quantitative estimate of drug-likeness (QED) is 0.536. The maximum Gasteiger partial charge on any atom is 0.153 e. The summed E-state index contributed by atoms with van der Waals surface area (Å²) in [4.78, 5) is 13.2.